The standard InChI is InChI=1S/C24H16ClNO2S/c1-14(26-23(27)17-9-5-6-10-18(17)24(26)28)22-21(15-7-3-2-4-8-15)19-13-16(25)11-12-20(19)29-22/h2-14H,1H3. The molecule has 2 heterocycles. The van der Waals surface area contributed by atoms with Gasteiger partial charge in [0.2, 0.25) is 0 Å². The van der Waals surface area contributed by atoms with Crippen molar-refractivity contribution in [2.24, 2.45) is 0 Å². The number of halogens is 1. The fourth-order valence-corrected chi connectivity index (χ4v) is 5.38. The molecule has 0 radical (unpaired) electrons. The predicted molar refractivity (Wildman–Crippen MR) is 118 cm³/mol. The lowest BCUT2D eigenvalue weighted by Crippen LogP contribution is -2.32. The predicted octanol–water partition coefficient (Wildman–Crippen LogP) is 6.58. The minimum absolute atomic E-state index is 0.243. The first kappa shape index (κ1) is 18.1. The molecule has 1 unspecified atom stereocenters. The normalized spacial score (nSPS) is 14.5. The van der Waals surface area contributed by atoms with Crippen molar-refractivity contribution >= 4 is 44.8 Å². The lowest BCUT2D eigenvalue weighted by atomic mass is 9.99. The summed E-state index contributed by atoms with van der Waals surface area (Å²) in [6, 6.07) is 22.4. The molecule has 4 aromatic rings. The summed E-state index contributed by atoms with van der Waals surface area (Å²) >= 11 is 7.89. The van der Waals surface area contributed by atoms with Crippen LogP contribution in [-0.4, -0.2) is 16.7 Å². The van der Waals surface area contributed by atoms with Crippen molar-refractivity contribution in [2.45, 2.75) is 13.0 Å². The Morgan fingerprint density at radius 3 is 2.14 bits per heavy atom. The summed E-state index contributed by atoms with van der Waals surface area (Å²) in [6.45, 7) is 1.92. The molecule has 1 aliphatic heterocycles. The van der Waals surface area contributed by atoms with E-state index in [-0.39, 0.29) is 11.8 Å². The molecular formula is C24H16ClNO2S. The number of fused-ring (bicyclic) bond motifs is 2. The first-order chi connectivity index (χ1) is 14.1. The first-order valence-corrected chi connectivity index (χ1v) is 10.5. The first-order valence-electron chi connectivity index (χ1n) is 9.30. The average Bonchev–Trinajstić information content (AvgIpc) is 3.24. The van der Waals surface area contributed by atoms with Gasteiger partial charge in [-0.3, -0.25) is 14.5 Å². The molecule has 5 rings (SSSR count). The highest BCUT2D eigenvalue weighted by molar-refractivity contribution is 7.19. The Balaban J connectivity index is 1.70. The van der Waals surface area contributed by atoms with E-state index in [1.54, 1.807) is 35.6 Å². The van der Waals surface area contributed by atoms with Gasteiger partial charge in [-0.2, -0.15) is 0 Å². The van der Waals surface area contributed by atoms with Crippen LogP contribution in [0.4, 0.5) is 0 Å². The van der Waals surface area contributed by atoms with Crippen molar-refractivity contribution in [3.63, 3.8) is 0 Å². The average molecular weight is 418 g/mol. The number of nitrogens with zero attached hydrogens (tertiary/aromatic N) is 1. The van der Waals surface area contributed by atoms with E-state index in [4.69, 9.17) is 11.6 Å². The minimum atomic E-state index is -0.395. The van der Waals surface area contributed by atoms with E-state index >= 15 is 0 Å². The van der Waals surface area contributed by atoms with Crippen LogP contribution in [0.5, 0.6) is 0 Å². The summed E-state index contributed by atoms with van der Waals surface area (Å²) in [5.74, 6) is -0.486. The summed E-state index contributed by atoms with van der Waals surface area (Å²) in [5.41, 5.74) is 3.00. The number of carbonyl (C=O) groups excluding carboxylic acids is 2. The second-order valence-electron chi connectivity index (χ2n) is 7.05. The third kappa shape index (κ3) is 2.79. The van der Waals surface area contributed by atoms with Crippen molar-refractivity contribution in [1.29, 1.82) is 0 Å². The Hall–Kier alpha value is -2.95. The van der Waals surface area contributed by atoms with Gasteiger partial charge in [0.25, 0.3) is 11.8 Å². The van der Waals surface area contributed by atoms with Crippen molar-refractivity contribution < 1.29 is 9.59 Å². The number of hydrogen-bond acceptors (Lipinski definition) is 3. The second kappa shape index (κ2) is 6.83. The van der Waals surface area contributed by atoms with Crippen LogP contribution >= 0.6 is 22.9 Å². The largest absolute Gasteiger partial charge is 0.269 e. The number of hydrogen-bond donors (Lipinski definition) is 0. The molecule has 2 amide bonds. The topological polar surface area (TPSA) is 37.4 Å². The Morgan fingerprint density at radius 1 is 0.862 bits per heavy atom. The van der Waals surface area contributed by atoms with Crippen molar-refractivity contribution in [3.8, 4) is 11.1 Å². The highest BCUT2D eigenvalue weighted by atomic mass is 35.5. The van der Waals surface area contributed by atoms with Crippen LogP contribution in [0.3, 0.4) is 0 Å². The number of carbonyl (C=O) groups is 2. The third-order valence-corrected chi connectivity index (χ3v) is 6.91. The van der Waals surface area contributed by atoms with Crippen molar-refractivity contribution in [3.05, 3.63) is 93.8 Å². The van der Waals surface area contributed by atoms with Gasteiger partial charge in [-0.25, -0.2) is 0 Å². The van der Waals surface area contributed by atoms with Gasteiger partial charge in [-0.1, -0.05) is 54.1 Å². The highest BCUT2D eigenvalue weighted by Crippen LogP contribution is 2.45. The van der Waals surface area contributed by atoms with E-state index in [0.717, 1.165) is 26.1 Å². The third-order valence-electron chi connectivity index (χ3n) is 5.33. The molecule has 5 heteroatoms. The fourth-order valence-electron chi connectivity index (χ4n) is 3.96. The molecule has 1 aliphatic rings. The number of benzene rings is 3. The van der Waals surface area contributed by atoms with Crippen LogP contribution < -0.4 is 0 Å². The maximum atomic E-state index is 13.0. The molecule has 1 aromatic heterocycles. The summed E-state index contributed by atoms with van der Waals surface area (Å²) in [6.07, 6.45) is 0. The smallest absolute Gasteiger partial charge is 0.262 e. The van der Waals surface area contributed by atoms with E-state index < -0.39 is 6.04 Å². The van der Waals surface area contributed by atoms with Crippen LogP contribution in [0.25, 0.3) is 21.2 Å². The van der Waals surface area contributed by atoms with E-state index in [1.165, 1.54) is 4.90 Å². The lowest BCUT2D eigenvalue weighted by molar-refractivity contribution is 0.0598. The van der Waals surface area contributed by atoms with Crippen LogP contribution in [0, 0.1) is 0 Å². The van der Waals surface area contributed by atoms with Gasteiger partial charge >= 0.3 is 0 Å². The zero-order valence-electron chi connectivity index (χ0n) is 15.6. The lowest BCUT2D eigenvalue weighted by Gasteiger charge is -2.23. The molecule has 0 bridgehead atoms. The molecule has 142 valence electrons. The van der Waals surface area contributed by atoms with Gasteiger partial charge in [0.15, 0.2) is 0 Å². The molecule has 1 atom stereocenters. The Morgan fingerprint density at radius 2 is 1.48 bits per heavy atom. The van der Waals surface area contributed by atoms with E-state index in [9.17, 15) is 9.59 Å². The Kier molecular flexibility index (Phi) is 4.26. The highest BCUT2D eigenvalue weighted by Gasteiger charge is 2.40. The van der Waals surface area contributed by atoms with E-state index in [1.807, 2.05) is 55.5 Å². The maximum Gasteiger partial charge on any atom is 0.262 e. The van der Waals surface area contributed by atoms with Crippen molar-refractivity contribution in [2.75, 3.05) is 0 Å². The monoisotopic (exact) mass is 417 g/mol. The molecular weight excluding hydrogens is 402 g/mol. The molecule has 0 spiro atoms. The minimum Gasteiger partial charge on any atom is -0.269 e. The molecule has 0 saturated carbocycles. The van der Waals surface area contributed by atoms with Crippen LogP contribution in [-0.2, 0) is 0 Å². The number of imide groups is 1. The second-order valence-corrected chi connectivity index (χ2v) is 8.57. The van der Waals surface area contributed by atoms with Gasteiger partial charge in [-0.15, -0.1) is 11.3 Å². The van der Waals surface area contributed by atoms with Crippen LogP contribution in [0.1, 0.15) is 38.6 Å². The van der Waals surface area contributed by atoms with Crippen LogP contribution in [0.15, 0.2) is 72.8 Å². The SMILES string of the molecule is CC(c1sc2ccc(Cl)cc2c1-c1ccccc1)N1C(=O)c2ccccc2C1=O. The van der Waals surface area contributed by atoms with Gasteiger partial charge in [0.05, 0.1) is 17.2 Å². The zero-order valence-corrected chi connectivity index (χ0v) is 17.1. The summed E-state index contributed by atoms with van der Waals surface area (Å²) in [5, 5.41) is 1.69. The van der Waals surface area contributed by atoms with E-state index in [2.05, 4.69) is 0 Å². The van der Waals surface area contributed by atoms with Gasteiger partial charge in [0.1, 0.15) is 0 Å². The Bertz CT molecular complexity index is 1240. The number of thiophene rings is 1. The summed E-state index contributed by atoms with van der Waals surface area (Å²) in [4.78, 5) is 28.4. The number of amides is 2. The van der Waals surface area contributed by atoms with Gasteiger partial charge in [0, 0.05) is 25.5 Å². The molecule has 0 aliphatic carbocycles. The van der Waals surface area contributed by atoms with E-state index in [0.29, 0.717) is 16.1 Å². The zero-order chi connectivity index (χ0) is 20.1. The number of rotatable bonds is 3. The quantitative estimate of drug-likeness (QED) is 0.353. The molecule has 3 nitrogen and oxygen atoms in total. The molecule has 0 saturated heterocycles. The van der Waals surface area contributed by atoms with Gasteiger partial charge < -0.3 is 0 Å². The molecule has 0 fully saturated rings. The van der Waals surface area contributed by atoms with Crippen LogP contribution in [0.2, 0.25) is 5.02 Å². The Labute approximate surface area is 177 Å². The molecule has 3 aromatic carbocycles. The fraction of sp³-hybridized carbons (Fsp3) is 0.0833. The van der Waals surface area contributed by atoms with Crippen molar-refractivity contribution in [1.82, 2.24) is 4.90 Å². The van der Waals surface area contributed by atoms with Gasteiger partial charge in [-0.05, 0) is 42.8 Å². The molecule has 29 heavy (non-hydrogen) atoms. The summed E-state index contributed by atoms with van der Waals surface area (Å²) < 4.78 is 1.08. The maximum absolute atomic E-state index is 13.0. The summed E-state index contributed by atoms with van der Waals surface area (Å²) in [7, 11) is 0. The molecule has 0 N–H and O–H groups in total.